The first-order valence-corrected chi connectivity index (χ1v) is 7.72. The van der Waals surface area contributed by atoms with Crippen LogP contribution < -0.4 is 4.46 Å². The Balaban J connectivity index is 2.60. The van der Waals surface area contributed by atoms with Crippen LogP contribution in [0.2, 0.25) is 0 Å². The Bertz CT molecular complexity index is 637. The number of hydrogen-bond acceptors (Lipinski definition) is 1. The van der Waals surface area contributed by atoms with Crippen molar-refractivity contribution in [2.75, 3.05) is 0 Å². The molecule has 0 fully saturated rings. The summed E-state index contributed by atoms with van der Waals surface area (Å²) in [6.07, 6.45) is 0. The fraction of sp³-hybridized carbons (Fsp3) is 0. The summed E-state index contributed by atoms with van der Waals surface area (Å²) in [5.41, 5.74) is 1.62. The third-order valence-corrected chi connectivity index (χ3v) is 4.57. The zero-order chi connectivity index (χ0) is 13.1. The first kappa shape index (κ1) is 13.5. The summed E-state index contributed by atoms with van der Waals surface area (Å²) >= 11 is 1.58. The van der Waals surface area contributed by atoms with Gasteiger partial charge in [-0.2, -0.15) is 0 Å². The maximum absolute atomic E-state index is 13.2. The van der Waals surface area contributed by atoms with Crippen molar-refractivity contribution in [3.8, 4) is 16.1 Å². The number of benzene rings is 2. The summed E-state index contributed by atoms with van der Waals surface area (Å²) < 4.78 is 27.7. The monoisotopic (exact) mass is 421 g/mol. The van der Waals surface area contributed by atoms with Gasteiger partial charge >= 0.3 is 124 Å². The van der Waals surface area contributed by atoms with Gasteiger partial charge in [-0.1, -0.05) is 0 Å². The predicted molar refractivity (Wildman–Crippen MR) is 75.5 cm³/mol. The van der Waals surface area contributed by atoms with Crippen LogP contribution in [-0.4, -0.2) is 15.0 Å². The Morgan fingerprint density at radius 1 is 1.00 bits per heavy atom. The molecule has 0 aromatic heterocycles. The van der Waals surface area contributed by atoms with E-state index >= 15 is 0 Å². The first-order chi connectivity index (χ1) is 8.61. The molecule has 0 saturated heterocycles. The zero-order valence-corrected chi connectivity index (χ0v) is 12.8. The Kier molecular flexibility index (Phi) is 4.33. The van der Waals surface area contributed by atoms with Crippen molar-refractivity contribution in [3.63, 3.8) is 0 Å². The predicted octanol–water partition coefficient (Wildman–Crippen LogP) is 3.05. The number of hydrogen-bond donors (Lipinski definition) is 0. The van der Waals surface area contributed by atoms with Crippen LogP contribution in [0.25, 0.3) is 11.1 Å². The van der Waals surface area contributed by atoms with E-state index < -0.39 is 15.0 Å². The number of nitrogens with zero attached hydrogens (tertiary/aromatic N) is 1. The van der Waals surface area contributed by atoms with Gasteiger partial charge < -0.3 is 0 Å². The third kappa shape index (κ3) is 2.89. The minimum absolute atomic E-state index is 0.308. The van der Waals surface area contributed by atoms with E-state index in [-0.39, 0.29) is 11.6 Å². The first-order valence-electron chi connectivity index (χ1n) is 4.92. The second kappa shape index (κ2) is 5.79. The minimum atomic E-state index is -0.450. The Morgan fingerprint density at radius 3 is 2.22 bits per heavy atom. The molecule has 0 bridgehead atoms. The van der Waals surface area contributed by atoms with Gasteiger partial charge in [-0.25, -0.2) is 0 Å². The van der Waals surface area contributed by atoms with Gasteiger partial charge in [0.2, 0.25) is 0 Å². The van der Waals surface area contributed by atoms with Crippen LogP contribution in [0.5, 0.6) is 0 Å². The van der Waals surface area contributed by atoms with E-state index in [2.05, 4.69) is 4.97 Å². The molecule has 0 aliphatic carbocycles. The quantitative estimate of drug-likeness (QED) is 0.542. The van der Waals surface area contributed by atoms with Crippen LogP contribution in [0.15, 0.2) is 36.4 Å². The van der Waals surface area contributed by atoms with Gasteiger partial charge in [0.25, 0.3) is 0 Å². The molecule has 0 N–H and O–H groups in total. The Labute approximate surface area is 123 Å². The molecule has 1 nitrogen and oxygen atoms in total. The van der Waals surface area contributed by atoms with Crippen molar-refractivity contribution < 1.29 is 8.78 Å². The molecule has 0 unspecified atom stereocenters. The summed E-state index contributed by atoms with van der Waals surface area (Å²) in [6, 6.07) is 8.80. The summed E-state index contributed by atoms with van der Waals surface area (Å²) in [4.78, 5) is 2.07. The van der Waals surface area contributed by atoms with E-state index in [9.17, 15) is 8.78 Å². The standard InChI is InChI=1S/C13H6F2INSe/c14-8-1-3-10(12(16)5-8)11-4-2-9(15)6-13(11)18-7-17/h1-6H. The van der Waals surface area contributed by atoms with Crippen molar-refractivity contribution in [2.24, 2.45) is 0 Å². The van der Waals surface area contributed by atoms with Gasteiger partial charge in [0.05, 0.1) is 0 Å². The van der Waals surface area contributed by atoms with Crippen LogP contribution in [0.3, 0.4) is 0 Å². The molecule has 18 heavy (non-hydrogen) atoms. The van der Waals surface area contributed by atoms with Crippen LogP contribution >= 0.6 is 22.6 Å². The molecule has 0 atom stereocenters. The number of halogens is 3. The van der Waals surface area contributed by atoms with Crippen LogP contribution in [0, 0.1) is 25.4 Å². The van der Waals surface area contributed by atoms with Crippen molar-refractivity contribution in [1.82, 2.24) is 0 Å². The molecule has 0 amide bonds. The van der Waals surface area contributed by atoms with Gasteiger partial charge in [0, 0.05) is 0 Å². The number of nitriles is 1. The Morgan fingerprint density at radius 2 is 1.61 bits per heavy atom. The Hall–Kier alpha value is -0.961. The molecule has 0 radical (unpaired) electrons. The van der Waals surface area contributed by atoms with Gasteiger partial charge in [-0.15, -0.1) is 0 Å². The molecule has 0 aliphatic rings. The van der Waals surface area contributed by atoms with Crippen LogP contribution in [-0.2, 0) is 0 Å². The fourth-order valence-electron chi connectivity index (χ4n) is 1.56. The molecule has 0 saturated carbocycles. The van der Waals surface area contributed by atoms with E-state index in [0.29, 0.717) is 4.46 Å². The molecule has 0 spiro atoms. The normalized spacial score (nSPS) is 10.1. The van der Waals surface area contributed by atoms with E-state index in [1.807, 2.05) is 22.6 Å². The summed E-state index contributed by atoms with van der Waals surface area (Å²) in [5.74, 6) is -0.666. The topological polar surface area (TPSA) is 23.8 Å². The van der Waals surface area contributed by atoms with Gasteiger partial charge in [-0.3, -0.25) is 0 Å². The molecular formula is C13H6F2INSe. The van der Waals surface area contributed by atoms with E-state index in [4.69, 9.17) is 5.26 Å². The molecule has 2 rings (SSSR count). The molecule has 0 heterocycles. The van der Waals surface area contributed by atoms with Gasteiger partial charge in [0.15, 0.2) is 0 Å². The molecule has 2 aromatic carbocycles. The second-order valence-corrected chi connectivity index (χ2v) is 6.35. The SMILES string of the molecule is N#C[Se]c1cc(F)ccc1-c1ccc(F)cc1I. The van der Waals surface area contributed by atoms with E-state index in [1.54, 1.807) is 12.1 Å². The molecular weight excluding hydrogens is 414 g/mol. The van der Waals surface area contributed by atoms with Crippen molar-refractivity contribution in [2.45, 2.75) is 0 Å². The van der Waals surface area contributed by atoms with E-state index in [1.165, 1.54) is 24.3 Å². The van der Waals surface area contributed by atoms with Crippen molar-refractivity contribution in [1.29, 1.82) is 5.26 Å². The van der Waals surface area contributed by atoms with Crippen LogP contribution in [0.1, 0.15) is 0 Å². The molecule has 5 heteroatoms. The fourth-order valence-corrected chi connectivity index (χ4v) is 3.50. The van der Waals surface area contributed by atoms with Crippen molar-refractivity contribution >= 4 is 42.0 Å². The summed E-state index contributed by atoms with van der Waals surface area (Å²) in [7, 11) is 0. The van der Waals surface area contributed by atoms with Crippen molar-refractivity contribution in [3.05, 3.63) is 51.6 Å². The van der Waals surface area contributed by atoms with E-state index in [0.717, 1.165) is 14.7 Å². The molecule has 90 valence electrons. The third-order valence-electron chi connectivity index (χ3n) is 2.32. The summed E-state index contributed by atoms with van der Waals surface area (Å²) in [6.45, 7) is 0. The maximum atomic E-state index is 13.2. The van der Waals surface area contributed by atoms with Gasteiger partial charge in [-0.05, 0) is 0 Å². The average Bonchev–Trinajstić information content (AvgIpc) is 2.31. The average molecular weight is 420 g/mol. The number of rotatable bonds is 2. The zero-order valence-electron chi connectivity index (χ0n) is 8.95. The van der Waals surface area contributed by atoms with Crippen LogP contribution in [0.4, 0.5) is 8.78 Å². The second-order valence-electron chi connectivity index (χ2n) is 3.46. The molecule has 2 aromatic rings. The van der Waals surface area contributed by atoms with Gasteiger partial charge in [0.1, 0.15) is 0 Å². The molecule has 0 aliphatic heterocycles. The summed E-state index contributed by atoms with van der Waals surface area (Å²) in [5, 5.41) is 8.79.